The summed E-state index contributed by atoms with van der Waals surface area (Å²) in [6.45, 7) is 3.10. The van der Waals surface area contributed by atoms with Crippen molar-refractivity contribution in [1.29, 1.82) is 0 Å². The zero-order valence-corrected chi connectivity index (χ0v) is 16.6. The molecule has 4 rings (SSSR count). The van der Waals surface area contributed by atoms with Crippen LogP contribution in [-0.2, 0) is 5.92 Å². The zero-order valence-electron chi connectivity index (χ0n) is 16.6. The molecule has 0 atom stereocenters. The monoisotopic (exact) mass is 436 g/mol. The highest BCUT2D eigenvalue weighted by molar-refractivity contribution is 6.02. The van der Waals surface area contributed by atoms with Gasteiger partial charge in [-0.05, 0) is 53.6 Å². The van der Waals surface area contributed by atoms with E-state index in [0.29, 0.717) is 28.6 Å². The number of carbonyl (C=O) groups is 1. The van der Waals surface area contributed by atoms with Crippen molar-refractivity contribution < 1.29 is 18.7 Å². The van der Waals surface area contributed by atoms with E-state index in [1.54, 1.807) is 36.5 Å². The lowest BCUT2D eigenvalue weighted by molar-refractivity contribution is 0.0526. The van der Waals surface area contributed by atoms with Gasteiger partial charge in [0.1, 0.15) is 11.6 Å². The van der Waals surface area contributed by atoms with E-state index in [0.717, 1.165) is 29.3 Å². The molecule has 0 unspecified atom stereocenters. The number of amides is 2. The number of nitrogens with one attached hydrogen (secondary N) is 3. The number of rotatable bonds is 5. The Labute approximate surface area is 180 Å². The average molecular weight is 436 g/mol. The molecule has 0 saturated heterocycles. The molecule has 0 aliphatic carbocycles. The van der Waals surface area contributed by atoms with Gasteiger partial charge in [0.2, 0.25) is 0 Å². The first-order valence-electron chi connectivity index (χ1n) is 9.40. The van der Waals surface area contributed by atoms with E-state index in [1.165, 1.54) is 0 Å². The Hall–Kier alpha value is -4.47. The third-order valence-electron chi connectivity index (χ3n) is 4.82. The van der Waals surface area contributed by atoms with Crippen molar-refractivity contribution in [3.63, 3.8) is 0 Å². The van der Waals surface area contributed by atoms with Gasteiger partial charge in [-0.25, -0.2) is 9.78 Å². The van der Waals surface area contributed by atoms with Crippen molar-refractivity contribution in [2.24, 2.45) is 0 Å². The number of phenolic OH excluding ortho intramolecular Hbond substituents is 1. The number of fused-ring (bicyclic) bond motifs is 1. The number of urea groups is 1. The Balaban J connectivity index is 1.51. The van der Waals surface area contributed by atoms with Crippen LogP contribution in [0.4, 0.5) is 30.8 Å². The highest BCUT2D eigenvalue weighted by atomic mass is 19.3. The Morgan fingerprint density at radius 3 is 2.62 bits per heavy atom. The Bertz CT molecular complexity index is 1320. The molecule has 0 spiro atoms. The van der Waals surface area contributed by atoms with Gasteiger partial charge < -0.3 is 21.5 Å². The van der Waals surface area contributed by atoms with Crippen LogP contribution in [0.15, 0.2) is 67.4 Å². The minimum absolute atomic E-state index is 0.159. The third kappa shape index (κ3) is 3.93. The summed E-state index contributed by atoms with van der Waals surface area (Å²) in [6, 6.07) is 11.1. The molecule has 6 N–H and O–H groups in total. The molecule has 162 valence electrons. The van der Waals surface area contributed by atoms with E-state index >= 15 is 0 Å². The molecule has 0 radical (unpaired) electrons. The van der Waals surface area contributed by atoms with Crippen molar-refractivity contribution in [2.75, 3.05) is 16.4 Å². The molecule has 10 heteroatoms. The first-order valence-corrected chi connectivity index (χ1v) is 9.40. The second-order valence-electron chi connectivity index (χ2n) is 6.91. The molecule has 2 amide bonds. The number of nitrogen functional groups attached to an aromatic ring is 1. The normalized spacial score (nSPS) is 11.3. The molecule has 2 aromatic carbocycles. The minimum Gasteiger partial charge on any atom is -0.506 e. The van der Waals surface area contributed by atoms with Crippen LogP contribution in [0.5, 0.6) is 5.75 Å². The highest BCUT2D eigenvalue weighted by Crippen LogP contribution is 2.34. The average Bonchev–Trinajstić information content (AvgIpc) is 3.17. The molecule has 0 saturated carbocycles. The number of nitrogens with two attached hydrogens (primary N) is 1. The lowest BCUT2D eigenvalue weighted by Gasteiger charge is -2.15. The quantitative estimate of drug-likeness (QED) is 0.226. The van der Waals surface area contributed by atoms with Crippen LogP contribution in [0, 0.1) is 0 Å². The van der Waals surface area contributed by atoms with E-state index in [2.05, 4.69) is 32.4 Å². The number of phenols is 1. The van der Waals surface area contributed by atoms with E-state index in [4.69, 9.17) is 5.73 Å². The van der Waals surface area contributed by atoms with Crippen molar-refractivity contribution in [3.8, 4) is 16.9 Å². The summed E-state index contributed by atoms with van der Waals surface area (Å²) < 4.78 is 27.6. The molecule has 0 aliphatic rings. The van der Waals surface area contributed by atoms with Gasteiger partial charge >= 0.3 is 6.03 Å². The zero-order chi connectivity index (χ0) is 22.9. The Morgan fingerprint density at radius 1 is 1.16 bits per heavy atom. The van der Waals surface area contributed by atoms with Gasteiger partial charge in [0.15, 0.2) is 5.65 Å². The number of aromatic hydroxyl groups is 1. The van der Waals surface area contributed by atoms with Crippen LogP contribution in [0.1, 0.15) is 5.56 Å². The summed E-state index contributed by atoms with van der Waals surface area (Å²) in [5.74, 6) is -3.25. The standard InChI is InChI=1S/C22H18F2N6O2/c1-2-22(23,24)13-5-8-17(31)16(11-13)28-21(32)27-14-6-3-12(4-7-14)15-9-10-26-20-18(15)19(25)29-30-20/h2-11,31H,1H2,(H2,27,28,32)(H3,25,26,29,30). The molecular weight excluding hydrogens is 418 g/mol. The molecule has 2 aromatic heterocycles. The fraction of sp³-hybridized carbons (Fsp3) is 0.0455. The number of hydrogen-bond acceptors (Lipinski definition) is 5. The molecule has 0 aliphatic heterocycles. The third-order valence-corrected chi connectivity index (χ3v) is 4.82. The molecule has 2 heterocycles. The van der Waals surface area contributed by atoms with Crippen molar-refractivity contribution in [3.05, 3.63) is 72.9 Å². The lowest BCUT2D eigenvalue weighted by Crippen LogP contribution is -2.20. The molecular formula is C22H18F2N6O2. The number of alkyl halides is 2. The van der Waals surface area contributed by atoms with Crippen LogP contribution in [0.3, 0.4) is 0 Å². The summed E-state index contributed by atoms with van der Waals surface area (Å²) in [7, 11) is 0. The number of H-pyrrole nitrogens is 1. The first kappa shape index (κ1) is 20.8. The Kier molecular flexibility index (Phi) is 5.19. The molecule has 0 bridgehead atoms. The van der Waals surface area contributed by atoms with Crippen LogP contribution >= 0.6 is 0 Å². The highest BCUT2D eigenvalue weighted by Gasteiger charge is 2.28. The number of halogens is 2. The van der Waals surface area contributed by atoms with Gasteiger partial charge in [-0.15, -0.1) is 0 Å². The fourth-order valence-corrected chi connectivity index (χ4v) is 3.19. The Morgan fingerprint density at radius 2 is 1.91 bits per heavy atom. The number of benzene rings is 2. The van der Waals surface area contributed by atoms with Crippen LogP contribution in [0.25, 0.3) is 22.2 Å². The van der Waals surface area contributed by atoms with Crippen LogP contribution in [0.2, 0.25) is 0 Å². The number of aromatic nitrogens is 3. The summed E-state index contributed by atoms with van der Waals surface area (Å²) >= 11 is 0. The molecule has 0 fully saturated rings. The molecule has 8 nitrogen and oxygen atoms in total. The SMILES string of the molecule is C=CC(F)(F)c1ccc(O)c(NC(=O)Nc2ccc(-c3ccnc4n[nH]c(N)c34)cc2)c1. The van der Waals surface area contributed by atoms with E-state index < -0.39 is 17.5 Å². The van der Waals surface area contributed by atoms with Gasteiger partial charge in [0.25, 0.3) is 5.92 Å². The maximum atomic E-state index is 13.8. The summed E-state index contributed by atoms with van der Waals surface area (Å²) in [5, 5.41) is 22.3. The fourth-order valence-electron chi connectivity index (χ4n) is 3.19. The second kappa shape index (κ2) is 7.99. The topological polar surface area (TPSA) is 129 Å². The van der Waals surface area contributed by atoms with E-state index in [-0.39, 0.29) is 11.4 Å². The number of pyridine rings is 1. The van der Waals surface area contributed by atoms with Gasteiger partial charge in [-0.1, -0.05) is 18.7 Å². The van der Waals surface area contributed by atoms with Gasteiger partial charge in [0.05, 0.1) is 11.1 Å². The van der Waals surface area contributed by atoms with Crippen molar-refractivity contribution in [1.82, 2.24) is 15.2 Å². The predicted molar refractivity (Wildman–Crippen MR) is 119 cm³/mol. The minimum atomic E-state index is -3.30. The maximum absolute atomic E-state index is 13.8. The lowest BCUT2D eigenvalue weighted by atomic mass is 10.0. The summed E-state index contributed by atoms with van der Waals surface area (Å²) in [5.41, 5.74) is 7.96. The maximum Gasteiger partial charge on any atom is 0.323 e. The van der Waals surface area contributed by atoms with Gasteiger partial charge in [-0.3, -0.25) is 5.10 Å². The van der Waals surface area contributed by atoms with Crippen molar-refractivity contribution in [2.45, 2.75) is 5.92 Å². The molecule has 4 aromatic rings. The van der Waals surface area contributed by atoms with Gasteiger partial charge in [-0.2, -0.15) is 13.9 Å². The number of nitrogens with zero attached hydrogens (tertiary/aromatic N) is 2. The smallest absolute Gasteiger partial charge is 0.323 e. The van der Waals surface area contributed by atoms with Crippen molar-refractivity contribution >= 4 is 34.3 Å². The van der Waals surface area contributed by atoms with Crippen LogP contribution < -0.4 is 16.4 Å². The van der Waals surface area contributed by atoms with Gasteiger partial charge in [0, 0.05) is 17.4 Å². The largest absolute Gasteiger partial charge is 0.506 e. The van der Waals surface area contributed by atoms with E-state index in [1.807, 2.05) is 0 Å². The van der Waals surface area contributed by atoms with E-state index in [9.17, 15) is 18.7 Å². The second-order valence-corrected chi connectivity index (χ2v) is 6.91. The number of anilines is 3. The molecule has 32 heavy (non-hydrogen) atoms. The number of allylic oxidation sites excluding steroid dienone is 1. The number of hydrogen-bond donors (Lipinski definition) is 5. The predicted octanol–water partition coefficient (Wildman–Crippen LogP) is 4.83. The van der Waals surface area contributed by atoms with Crippen LogP contribution in [-0.4, -0.2) is 26.3 Å². The summed E-state index contributed by atoms with van der Waals surface area (Å²) in [4.78, 5) is 16.5. The summed E-state index contributed by atoms with van der Waals surface area (Å²) in [6.07, 6.45) is 2.10. The first-order chi connectivity index (χ1) is 15.3. The number of aromatic amines is 1. The number of carbonyl (C=O) groups excluding carboxylic acids is 1.